The summed E-state index contributed by atoms with van der Waals surface area (Å²) in [6.45, 7) is 0.890. The Morgan fingerprint density at radius 3 is 2.80 bits per heavy atom. The molecule has 3 nitrogen and oxygen atoms in total. The van der Waals surface area contributed by atoms with Crippen molar-refractivity contribution in [2.75, 3.05) is 26.5 Å². The molecule has 4 heteroatoms. The third kappa shape index (κ3) is 3.64. The topological polar surface area (TPSA) is 38.3 Å². The Morgan fingerprint density at radius 1 is 1.40 bits per heavy atom. The molecule has 0 spiro atoms. The molecule has 0 aromatic heterocycles. The van der Waals surface area contributed by atoms with Crippen molar-refractivity contribution in [3.05, 3.63) is 24.3 Å². The molecule has 0 heterocycles. The highest BCUT2D eigenvalue weighted by molar-refractivity contribution is 7.85. The van der Waals surface area contributed by atoms with Gasteiger partial charge >= 0.3 is 0 Å². The van der Waals surface area contributed by atoms with Crippen LogP contribution in [0.2, 0.25) is 0 Å². The normalized spacial score (nSPS) is 12.4. The molecule has 15 heavy (non-hydrogen) atoms. The number of para-hydroxylation sites is 1. The van der Waals surface area contributed by atoms with Crippen molar-refractivity contribution in [1.82, 2.24) is 5.32 Å². The maximum Gasteiger partial charge on any atom is 0.134 e. The number of methoxy groups -OCH3 is 1. The van der Waals surface area contributed by atoms with E-state index in [0.29, 0.717) is 11.5 Å². The number of rotatable bonds is 6. The number of benzene rings is 1. The summed E-state index contributed by atoms with van der Waals surface area (Å²) < 4.78 is 17.1. The monoisotopic (exact) mass is 227 g/mol. The lowest BCUT2D eigenvalue weighted by atomic mass is 10.3. The van der Waals surface area contributed by atoms with Crippen LogP contribution in [0.3, 0.4) is 0 Å². The first-order valence-electron chi connectivity index (χ1n) is 4.95. The SMILES string of the molecule is CNCCCS(=O)c1ccccc1OC. The van der Waals surface area contributed by atoms with Crippen LogP contribution in [0.25, 0.3) is 0 Å². The highest BCUT2D eigenvalue weighted by atomic mass is 32.2. The molecule has 1 atom stereocenters. The molecule has 0 aliphatic heterocycles. The quantitative estimate of drug-likeness (QED) is 0.747. The smallest absolute Gasteiger partial charge is 0.134 e. The predicted molar refractivity (Wildman–Crippen MR) is 62.8 cm³/mol. The first-order chi connectivity index (χ1) is 7.29. The van der Waals surface area contributed by atoms with Crippen LogP contribution in [0, 0.1) is 0 Å². The van der Waals surface area contributed by atoms with E-state index >= 15 is 0 Å². The summed E-state index contributed by atoms with van der Waals surface area (Å²) in [5.74, 6) is 1.38. The minimum atomic E-state index is -0.961. The number of hydrogen-bond acceptors (Lipinski definition) is 3. The molecule has 0 aliphatic carbocycles. The van der Waals surface area contributed by atoms with Crippen LogP contribution in [0.5, 0.6) is 5.75 Å². The van der Waals surface area contributed by atoms with Gasteiger partial charge in [-0.1, -0.05) is 12.1 Å². The predicted octanol–water partition coefficient (Wildman–Crippen LogP) is 1.41. The summed E-state index contributed by atoms with van der Waals surface area (Å²) in [4.78, 5) is 0.788. The first kappa shape index (κ1) is 12.2. The van der Waals surface area contributed by atoms with Crippen LogP contribution in [0.15, 0.2) is 29.2 Å². The van der Waals surface area contributed by atoms with Crippen molar-refractivity contribution in [2.45, 2.75) is 11.3 Å². The standard InChI is InChI=1S/C11H17NO2S/c1-12-8-5-9-15(13)11-7-4-3-6-10(11)14-2/h3-4,6-7,12H,5,8-9H2,1-2H3. The Kier molecular flexibility index (Phi) is 5.36. The molecule has 1 N–H and O–H groups in total. The fraction of sp³-hybridized carbons (Fsp3) is 0.455. The van der Waals surface area contributed by atoms with Gasteiger partial charge in [0.15, 0.2) is 0 Å². The average Bonchev–Trinajstić information content (AvgIpc) is 2.29. The maximum atomic E-state index is 11.9. The summed E-state index contributed by atoms with van der Waals surface area (Å²) in [5.41, 5.74) is 0. The summed E-state index contributed by atoms with van der Waals surface area (Å²) in [6.07, 6.45) is 0.904. The van der Waals surface area contributed by atoms with Crippen molar-refractivity contribution >= 4 is 10.8 Å². The van der Waals surface area contributed by atoms with Crippen LogP contribution in [0.4, 0.5) is 0 Å². The van der Waals surface area contributed by atoms with Crippen LogP contribution >= 0.6 is 0 Å². The van der Waals surface area contributed by atoms with Gasteiger partial charge in [-0.15, -0.1) is 0 Å². The second kappa shape index (κ2) is 6.58. The van der Waals surface area contributed by atoms with E-state index in [9.17, 15) is 4.21 Å². The maximum absolute atomic E-state index is 11.9. The van der Waals surface area contributed by atoms with E-state index in [0.717, 1.165) is 17.9 Å². The zero-order valence-corrected chi connectivity index (χ0v) is 9.97. The van der Waals surface area contributed by atoms with Gasteiger partial charge < -0.3 is 10.1 Å². The van der Waals surface area contributed by atoms with E-state index in [-0.39, 0.29) is 0 Å². The van der Waals surface area contributed by atoms with E-state index in [4.69, 9.17) is 4.74 Å². The van der Waals surface area contributed by atoms with Gasteiger partial charge in [0.25, 0.3) is 0 Å². The molecule has 0 amide bonds. The molecule has 0 saturated carbocycles. The highest BCUT2D eigenvalue weighted by Crippen LogP contribution is 2.21. The molecule has 1 aromatic carbocycles. The Morgan fingerprint density at radius 2 is 2.13 bits per heavy atom. The fourth-order valence-corrected chi connectivity index (χ4v) is 2.53. The molecular weight excluding hydrogens is 210 g/mol. The minimum Gasteiger partial charge on any atom is -0.495 e. The van der Waals surface area contributed by atoms with Gasteiger partial charge in [-0.3, -0.25) is 4.21 Å². The Bertz CT molecular complexity index is 328. The number of nitrogens with one attached hydrogen (secondary N) is 1. The van der Waals surface area contributed by atoms with Crippen LogP contribution < -0.4 is 10.1 Å². The van der Waals surface area contributed by atoms with Gasteiger partial charge in [-0.25, -0.2) is 0 Å². The Hall–Kier alpha value is -0.870. The Labute approximate surface area is 93.3 Å². The first-order valence-corrected chi connectivity index (χ1v) is 6.27. The van der Waals surface area contributed by atoms with Crippen LogP contribution in [-0.2, 0) is 10.8 Å². The van der Waals surface area contributed by atoms with E-state index in [1.165, 1.54) is 0 Å². The number of hydrogen-bond donors (Lipinski definition) is 1. The van der Waals surface area contributed by atoms with E-state index in [1.54, 1.807) is 7.11 Å². The second-order valence-electron chi connectivity index (χ2n) is 3.16. The lowest BCUT2D eigenvalue weighted by Gasteiger charge is -2.07. The van der Waals surface area contributed by atoms with Crippen molar-refractivity contribution < 1.29 is 8.95 Å². The summed E-state index contributed by atoms with van der Waals surface area (Å²) in [7, 11) is 2.53. The van der Waals surface area contributed by atoms with Crippen molar-refractivity contribution in [3.63, 3.8) is 0 Å². The third-order valence-corrected chi connectivity index (χ3v) is 3.56. The molecule has 1 unspecified atom stereocenters. The lowest BCUT2D eigenvalue weighted by Crippen LogP contribution is -2.11. The molecule has 84 valence electrons. The molecule has 0 saturated heterocycles. The van der Waals surface area contributed by atoms with Crippen LogP contribution in [0.1, 0.15) is 6.42 Å². The van der Waals surface area contributed by atoms with E-state index < -0.39 is 10.8 Å². The third-order valence-electron chi connectivity index (χ3n) is 2.07. The van der Waals surface area contributed by atoms with E-state index in [2.05, 4.69) is 5.32 Å². The van der Waals surface area contributed by atoms with Crippen molar-refractivity contribution in [2.24, 2.45) is 0 Å². The van der Waals surface area contributed by atoms with Crippen molar-refractivity contribution in [3.8, 4) is 5.75 Å². The van der Waals surface area contributed by atoms with Crippen LogP contribution in [-0.4, -0.2) is 30.7 Å². The average molecular weight is 227 g/mol. The van der Waals surface area contributed by atoms with Gasteiger partial charge in [-0.2, -0.15) is 0 Å². The largest absolute Gasteiger partial charge is 0.495 e. The zero-order chi connectivity index (χ0) is 11.1. The zero-order valence-electron chi connectivity index (χ0n) is 9.16. The molecule has 0 fully saturated rings. The van der Waals surface area contributed by atoms with Gasteiger partial charge in [0.2, 0.25) is 0 Å². The summed E-state index contributed by atoms with van der Waals surface area (Å²) in [5, 5.41) is 3.04. The Balaban J connectivity index is 2.64. The molecule has 1 rings (SSSR count). The molecule has 0 radical (unpaired) electrons. The molecule has 0 bridgehead atoms. The van der Waals surface area contributed by atoms with Crippen molar-refractivity contribution in [1.29, 1.82) is 0 Å². The highest BCUT2D eigenvalue weighted by Gasteiger charge is 2.08. The van der Waals surface area contributed by atoms with Gasteiger partial charge in [0.05, 0.1) is 22.8 Å². The van der Waals surface area contributed by atoms with Gasteiger partial charge in [0, 0.05) is 5.75 Å². The lowest BCUT2D eigenvalue weighted by molar-refractivity contribution is 0.404. The second-order valence-corrected chi connectivity index (χ2v) is 4.70. The fourth-order valence-electron chi connectivity index (χ4n) is 1.30. The molecular formula is C11H17NO2S. The van der Waals surface area contributed by atoms with E-state index in [1.807, 2.05) is 31.3 Å². The molecule has 0 aliphatic rings. The summed E-state index contributed by atoms with van der Waals surface area (Å²) >= 11 is 0. The summed E-state index contributed by atoms with van der Waals surface area (Å²) in [6, 6.07) is 7.46. The number of ether oxygens (including phenoxy) is 1. The molecule has 1 aromatic rings. The minimum absolute atomic E-state index is 0.668. The van der Waals surface area contributed by atoms with Gasteiger partial charge in [-0.05, 0) is 32.1 Å². The van der Waals surface area contributed by atoms with Gasteiger partial charge in [0.1, 0.15) is 5.75 Å².